The Morgan fingerprint density at radius 1 is 1.27 bits per heavy atom. The topological polar surface area (TPSA) is 69.7 Å². The SMILES string of the molecule is COC(=O)C(C)(C)C(=O)C1CC(=O)OC1c1ccc(F)cc1. The number of esters is 2. The monoisotopic (exact) mass is 308 g/mol. The average molecular weight is 308 g/mol. The van der Waals surface area contributed by atoms with E-state index in [0.717, 1.165) is 0 Å². The van der Waals surface area contributed by atoms with Gasteiger partial charge in [0.25, 0.3) is 0 Å². The first-order valence-electron chi connectivity index (χ1n) is 6.85. The Labute approximate surface area is 127 Å². The van der Waals surface area contributed by atoms with Crippen molar-refractivity contribution in [2.45, 2.75) is 26.4 Å². The number of cyclic esters (lactones) is 1. The number of halogens is 1. The predicted molar refractivity (Wildman–Crippen MR) is 74.1 cm³/mol. The minimum atomic E-state index is -1.38. The Bertz CT molecular complexity index is 605. The van der Waals surface area contributed by atoms with Crippen LogP contribution in [0, 0.1) is 17.2 Å². The van der Waals surface area contributed by atoms with Crippen LogP contribution in [0.3, 0.4) is 0 Å². The van der Waals surface area contributed by atoms with Gasteiger partial charge in [-0.1, -0.05) is 12.1 Å². The van der Waals surface area contributed by atoms with Crippen molar-refractivity contribution in [1.29, 1.82) is 0 Å². The minimum absolute atomic E-state index is 0.110. The highest BCUT2D eigenvalue weighted by Gasteiger charge is 2.49. The molecule has 0 spiro atoms. The summed E-state index contributed by atoms with van der Waals surface area (Å²) in [5, 5.41) is 0. The second-order valence-corrected chi connectivity index (χ2v) is 5.75. The van der Waals surface area contributed by atoms with Gasteiger partial charge in [0, 0.05) is 0 Å². The molecule has 1 saturated heterocycles. The molecule has 1 heterocycles. The third-order valence-corrected chi connectivity index (χ3v) is 3.86. The van der Waals surface area contributed by atoms with E-state index in [-0.39, 0.29) is 6.42 Å². The van der Waals surface area contributed by atoms with Crippen LogP contribution in [0.5, 0.6) is 0 Å². The van der Waals surface area contributed by atoms with Gasteiger partial charge in [0.15, 0.2) is 5.78 Å². The molecule has 2 unspecified atom stereocenters. The molecule has 2 rings (SSSR count). The molecule has 0 N–H and O–H groups in total. The number of ketones is 1. The van der Waals surface area contributed by atoms with E-state index in [1.165, 1.54) is 45.2 Å². The molecular weight excluding hydrogens is 291 g/mol. The first kappa shape index (κ1) is 16.1. The van der Waals surface area contributed by atoms with Crippen molar-refractivity contribution >= 4 is 17.7 Å². The number of hydrogen-bond acceptors (Lipinski definition) is 5. The Morgan fingerprint density at radius 3 is 2.41 bits per heavy atom. The quantitative estimate of drug-likeness (QED) is 0.630. The third-order valence-electron chi connectivity index (χ3n) is 3.86. The van der Waals surface area contributed by atoms with Crippen LogP contribution in [0.1, 0.15) is 31.9 Å². The van der Waals surface area contributed by atoms with Crippen molar-refractivity contribution in [1.82, 2.24) is 0 Å². The molecule has 118 valence electrons. The zero-order chi connectivity index (χ0) is 16.5. The molecule has 5 nitrogen and oxygen atoms in total. The predicted octanol–water partition coefficient (Wildman–Crippen LogP) is 2.20. The van der Waals surface area contributed by atoms with Crippen LogP contribution in [0.25, 0.3) is 0 Å². The maximum atomic E-state index is 13.0. The van der Waals surface area contributed by atoms with Gasteiger partial charge in [-0.3, -0.25) is 14.4 Å². The van der Waals surface area contributed by atoms with Crippen molar-refractivity contribution in [2.75, 3.05) is 7.11 Å². The number of Topliss-reactive ketones (excluding diaryl/α,β-unsaturated/α-hetero) is 1. The van der Waals surface area contributed by atoms with Gasteiger partial charge in [0.1, 0.15) is 17.3 Å². The number of ether oxygens (including phenoxy) is 2. The largest absolute Gasteiger partial charge is 0.468 e. The van der Waals surface area contributed by atoms with Gasteiger partial charge in [-0.25, -0.2) is 4.39 Å². The van der Waals surface area contributed by atoms with Crippen molar-refractivity contribution in [2.24, 2.45) is 11.3 Å². The molecule has 6 heteroatoms. The number of hydrogen-bond donors (Lipinski definition) is 0. The second-order valence-electron chi connectivity index (χ2n) is 5.75. The number of carbonyl (C=O) groups excluding carboxylic acids is 3. The standard InChI is InChI=1S/C16H17FO5/c1-16(2,15(20)21-3)14(19)11-8-12(18)22-13(11)9-4-6-10(17)7-5-9/h4-7,11,13H,8H2,1-3H3. The first-order chi connectivity index (χ1) is 10.3. The molecule has 2 atom stereocenters. The van der Waals surface area contributed by atoms with Crippen molar-refractivity contribution in [3.63, 3.8) is 0 Å². The molecule has 1 aliphatic heterocycles. The summed E-state index contributed by atoms with van der Waals surface area (Å²) in [5.74, 6) is -2.85. The summed E-state index contributed by atoms with van der Waals surface area (Å²) in [4.78, 5) is 36.0. The normalized spacial score (nSPS) is 21.4. The Kier molecular flexibility index (Phi) is 4.30. The van der Waals surface area contributed by atoms with E-state index < -0.39 is 41.0 Å². The van der Waals surface area contributed by atoms with Gasteiger partial charge < -0.3 is 9.47 Å². The Balaban J connectivity index is 2.31. The number of carbonyl (C=O) groups is 3. The summed E-state index contributed by atoms with van der Waals surface area (Å²) in [6.07, 6.45) is -0.925. The average Bonchev–Trinajstić information content (AvgIpc) is 2.88. The van der Waals surface area contributed by atoms with Gasteiger partial charge in [0.05, 0.1) is 19.4 Å². The summed E-state index contributed by atoms with van der Waals surface area (Å²) in [7, 11) is 1.20. The lowest BCUT2D eigenvalue weighted by atomic mass is 9.77. The molecule has 22 heavy (non-hydrogen) atoms. The van der Waals surface area contributed by atoms with Gasteiger partial charge in [-0.2, -0.15) is 0 Å². The lowest BCUT2D eigenvalue weighted by molar-refractivity contribution is -0.157. The molecule has 0 aromatic heterocycles. The van der Waals surface area contributed by atoms with Crippen LogP contribution in [-0.2, 0) is 23.9 Å². The highest BCUT2D eigenvalue weighted by atomic mass is 19.1. The van der Waals surface area contributed by atoms with E-state index in [1.807, 2.05) is 0 Å². The molecule has 0 radical (unpaired) electrons. The summed E-state index contributed by atoms with van der Waals surface area (Å²) in [6, 6.07) is 5.39. The van der Waals surface area contributed by atoms with Gasteiger partial charge in [0.2, 0.25) is 0 Å². The minimum Gasteiger partial charge on any atom is -0.468 e. The van der Waals surface area contributed by atoms with Gasteiger partial charge in [-0.15, -0.1) is 0 Å². The van der Waals surface area contributed by atoms with E-state index in [1.54, 1.807) is 0 Å². The molecule has 0 saturated carbocycles. The number of benzene rings is 1. The Morgan fingerprint density at radius 2 is 1.86 bits per heavy atom. The summed E-state index contributed by atoms with van der Waals surface area (Å²) < 4.78 is 22.9. The summed E-state index contributed by atoms with van der Waals surface area (Å²) in [5.41, 5.74) is -0.864. The highest BCUT2D eigenvalue weighted by Crippen LogP contribution is 2.40. The molecule has 0 bridgehead atoms. The van der Waals surface area contributed by atoms with Crippen LogP contribution >= 0.6 is 0 Å². The van der Waals surface area contributed by atoms with Gasteiger partial charge >= 0.3 is 11.9 Å². The molecule has 1 aromatic rings. The molecule has 0 amide bonds. The lowest BCUT2D eigenvalue weighted by Crippen LogP contribution is -2.39. The Hall–Kier alpha value is -2.24. The zero-order valence-corrected chi connectivity index (χ0v) is 12.6. The van der Waals surface area contributed by atoms with E-state index in [2.05, 4.69) is 4.74 Å². The van der Waals surface area contributed by atoms with Crippen LogP contribution in [0.15, 0.2) is 24.3 Å². The first-order valence-corrected chi connectivity index (χ1v) is 6.85. The number of rotatable bonds is 4. The fourth-order valence-electron chi connectivity index (χ4n) is 2.56. The molecule has 1 aromatic carbocycles. The van der Waals surface area contributed by atoms with E-state index in [4.69, 9.17) is 4.74 Å². The fourth-order valence-corrected chi connectivity index (χ4v) is 2.56. The van der Waals surface area contributed by atoms with E-state index in [9.17, 15) is 18.8 Å². The molecule has 1 fully saturated rings. The summed E-state index contributed by atoms with van der Waals surface area (Å²) in [6.45, 7) is 2.90. The third kappa shape index (κ3) is 2.86. The highest BCUT2D eigenvalue weighted by molar-refractivity contribution is 6.05. The van der Waals surface area contributed by atoms with Crippen LogP contribution < -0.4 is 0 Å². The lowest BCUT2D eigenvalue weighted by Gasteiger charge is -2.25. The van der Waals surface area contributed by atoms with Crippen molar-refractivity contribution in [3.05, 3.63) is 35.6 Å². The fraction of sp³-hybridized carbons (Fsp3) is 0.438. The smallest absolute Gasteiger partial charge is 0.318 e. The van der Waals surface area contributed by atoms with Crippen molar-refractivity contribution < 1.29 is 28.2 Å². The number of methoxy groups -OCH3 is 1. The molecule has 0 aliphatic carbocycles. The summed E-state index contributed by atoms with van der Waals surface area (Å²) >= 11 is 0. The van der Waals surface area contributed by atoms with Crippen LogP contribution in [0.4, 0.5) is 4.39 Å². The van der Waals surface area contributed by atoms with Crippen molar-refractivity contribution in [3.8, 4) is 0 Å². The van der Waals surface area contributed by atoms with Crippen LogP contribution in [0.2, 0.25) is 0 Å². The second kappa shape index (κ2) is 5.87. The molecule has 1 aliphatic rings. The molecular formula is C16H17FO5. The van der Waals surface area contributed by atoms with Crippen LogP contribution in [-0.4, -0.2) is 24.8 Å². The van der Waals surface area contributed by atoms with E-state index in [0.29, 0.717) is 5.56 Å². The van der Waals surface area contributed by atoms with Gasteiger partial charge in [-0.05, 0) is 31.5 Å². The maximum absolute atomic E-state index is 13.0. The van der Waals surface area contributed by atoms with E-state index >= 15 is 0 Å². The zero-order valence-electron chi connectivity index (χ0n) is 12.6. The maximum Gasteiger partial charge on any atom is 0.318 e.